The molecule has 1 aliphatic heterocycles. The van der Waals surface area contributed by atoms with E-state index in [1.807, 2.05) is 12.1 Å². The lowest BCUT2D eigenvalue weighted by atomic mass is 9.87. The number of benzene rings is 1. The minimum absolute atomic E-state index is 0.111. The minimum atomic E-state index is -0.335. The Labute approximate surface area is 156 Å². The average molecular weight is 375 g/mol. The highest BCUT2D eigenvalue weighted by Crippen LogP contribution is 2.36. The van der Waals surface area contributed by atoms with Crippen LogP contribution >= 0.6 is 11.8 Å². The molecule has 0 spiro atoms. The molecule has 2 N–H and O–H groups in total. The van der Waals surface area contributed by atoms with Gasteiger partial charge in [0, 0.05) is 26.0 Å². The molecule has 0 aromatic heterocycles. The number of carbonyl (C=O) groups is 2. The number of nitriles is 1. The summed E-state index contributed by atoms with van der Waals surface area (Å²) in [4.78, 5) is 23.9. The van der Waals surface area contributed by atoms with Crippen LogP contribution in [-0.4, -0.2) is 44.9 Å². The van der Waals surface area contributed by atoms with E-state index < -0.39 is 0 Å². The van der Waals surface area contributed by atoms with Gasteiger partial charge in [0.15, 0.2) is 0 Å². The second-order valence-electron chi connectivity index (χ2n) is 5.56. The Hall–Kier alpha value is -2.50. The van der Waals surface area contributed by atoms with Crippen molar-refractivity contribution in [3.05, 3.63) is 40.4 Å². The van der Waals surface area contributed by atoms with E-state index in [0.29, 0.717) is 29.5 Å². The lowest BCUT2D eigenvalue weighted by molar-refractivity contribution is -0.121. The number of thioether (sulfide) groups is 1. The first kappa shape index (κ1) is 19.8. The first-order valence-corrected chi connectivity index (χ1v) is 9.04. The van der Waals surface area contributed by atoms with Crippen molar-refractivity contribution in [2.24, 2.45) is 0 Å². The monoisotopic (exact) mass is 375 g/mol. The predicted molar refractivity (Wildman–Crippen MR) is 98.5 cm³/mol. The van der Waals surface area contributed by atoms with Crippen molar-refractivity contribution in [1.82, 2.24) is 10.6 Å². The third-order valence-electron chi connectivity index (χ3n) is 3.85. The van der Waals surface area contributed by atoms with E-state index in [0.717, 1.165) is 17.3 Å². The predicted octanol–water partition coefficient (Wildman–Crippen LogP) is 1.53. The molecule has 1 aromatic rings. The normalized spacial score (nSPS) is 16.7. The molecule has 1 aromatic carbocycles. The van der Waals surface area contributed by atoms with Crippen LogP contribution in [0.3, 0.4) is 0 Å². The first-order valence-electron chi connectivity index (χ1n) is 8.05. The number of rotatable bonds is 8. The topological polar surface area (TPSA) is 100 Å². The average Bonchev–Trinajstić information content (AvgIpc) is 2.66. The molecule has 1 heterocycles. The molecule has 0 bridgehead atoms. The highest BCUT2D eigenvalue weighted by Gasteiger charge is 2.29. The van der Waals surface area contributed by atoms with Crippen LogP contribution < -0.4 is 15.4 Å². The summed E-state index contributed by atoms with van der Waals surface area (Å²) in [5.41, 5.74) is 1.32. The molecule has 2 rings (SSSR count). The zero-order valence-electron chi connectivity index (χ0n) is 14.7. The van der Waals surface area contributed by atoms with E-state index in [-0.39, 0.29) is 29.9 Å². The third-order valence-corrected chi connectivity index (χ3v) is 4.87. The van der Waals surface area contributed by atoms with E-state index in [9.17, 15) is 14.9 Å². The summed E-state index contributed by atoms with van der Waals surface area (Å²) < 4.78 is 10.0. The van der Waals surface area contributed by atoms with E-state index in [2.05, 4.69) is 16.7 Å². The number of allylic oxidation sites excluding steroid dienone is 1. The van der Waals surface area contributed by atoms with Crippen LogP contribution in [0.5, 0.6) is 5.75 Å². The van der Waals surface area contributed by atoms with Crippen LogP contribution in [0.4, 0.5) is 0 Å². The van der Waals surface area contributed by atoms with Crippen molar-refractivity contribution in [2.75, 3.05) is 33.1 Å². The lowest BCUT2D eigenvalue weighted by Gasteiger charge is -2.25. The fourth-order valence-electron chi connectivity index (χ4n) is 2.54. The molecule has 8 heteroatoms. The summed E-state index contributed by atoms with van der Waals surface area (Å²) in [6, 6.07) is 9.48. The molecule has 0 radical (unpaired) electrons. The number of nitrogens with one attached hydrogen (secondary N) is 2. The van der Waals surface area contributed by atoms with Crippen LogP contribution in [0.15, 0.2) is 34.9 Å². The number of ether oxygens (including phenoxy) is 2. The molecule has 0 saturated heterocycles. The molecule has 0 fully saturated rings. The Morgan fingerprint density at radius 2 is 2.12 bits per heavy atom. The summed E-state index contributed by atoms with van der Waals surface area (Å²) in [6.07, 6.45) is 0.194. The van der Waals surface area contributed by atoms with Gasteiger partial charge in [-0.05, 0) is 17.7 Å². The summed E-state index contributed by atoms with van der Waals surface area (Å²) in [7, 11) is 3.14. The lowest BCUT2D eigenvalue weighted by Crippen LogP contribution is -2.33. The SMILES string of the molecule is COCCNC(=O)CSC1=C(C#N)[C@@H](c2ccc(OC)cc2)CC(=O)N1. The summed E-state index contributed by atoms with van der Waals surface area (Å²) in [5.74, 6) is 0.127. The maximum Gasteiger partial charge on any atom is 0.230 e. The number of methoxy groups -OCH3 is 2. The van der Waals surface area contributed by atoms with Gasteiger partial charge in [0.1, 0.15) is 5.75 Å². The Bertz CT molecular complexity index is 725. The number of hydrogen-bond donors (Lipinski definition) is 2. The second kappa shape index (κ2) is 9.85. The van der Waals surface area contributed by atoms with Gasteiger partial charge in [-0.3, -0.25) is 9.59 Å². The molecular formula is C18H21N3O4S. The van der Waals surface area contributed by atoms with E-state index >= 15 is 0 Å². The van der Waals surface area contributed by atoms with Gasteiger partial charge in [0.05, 0.1) is 36.1 Å². The smallest absolute Gasteiger partial charge is 0.230 e. The molecule has 138 valence electrons. The molecule has 0 saturated carbocycles. The maximum absolute atomic E-state index is 12.1. The minimum Gasteiger partial charge on any atom is -0.497 e. The number of carbonyl (C=O) groups excluding carboxylic acids is 2. The second-order valence-corrected chi connectivity index (χ2v) is 6.55. The van der Waals surface area contributed by atoms with E-state index in [4.69, 9.17) is 9.47 Å². The van der Waals surface area contributed by atoms with E-state index in [1.165, 1.54) is 0 Å². The molecular weight excluding hydrogens is 354 g/mol. The van der Waals surface area contributed by atoms with Crippen molar-refractivity contribution in [1.29, 1.82) is 5.26 Å². The highest BCUT2D eigenvalue weighted by molar-refractivity contribution is 8.03. The van der Waals surface area contributed by atoms with Crippen molar-refractivity contribution in [3.63, 3.8) is 0 Å². The van der Waals surface area contributed by atoms with Crippen LogP contribution in [0.25, 0.3) is 0 Å². The quantitative estimate of drug-likeness (QED) is 0.669. The molecule has 7 nitrogen and oxygen atoms in total. The molecule has 2 amide bonds. The van der Waals surface area contributed by atoms with Gasteiger partial charge in [-0.25, -0.2) is 0 Å². The van der Waals surface area contributed by atoms with Crippen molar-refractivity contribution >= 4 is 23.6 Å². The van der Waals surface area contributed by atoms with E-state index in [1.54, 1.807) is 26.4 Å². The number of hydrogen-bond acceptors (Lipinski definition) is 6. The number of amides is 2. The third kappa shape index (κ3) is 5.25. The first-order chi connectivity index (χ1) is 12.6. The van der Waals surface area contributed by atoms with Crippen LogP contribution in [0.2, 0.25) is 0 Å². The van der Waals surface area contributed by atoms with Gasteiger partial charge >= 0.3 is 0 Å². The van der Waals surface area contributed by atoms with Crippen LogP contribution in [-0.2, 0) is 14.3 Å². The molecule has 0 aliphatic carbocycles. The highest BCUT2D eigenvalue weighted by atomic mass is 32.2. The Morgan fingerprint density at radius 3 is 2.73 bits per heavy atom. The van der Waals surface area contributed by atoms with Crippen LogP contribution in [0.1, 0.15) is 17.9 Å². The van der Waals surface area contributed by atoms with Gasteiger partial charge < -0.3 is 20.1 Å². The standard InChI is InChI=1S/C18H21N3O4S/c1-24-8-7-20-17(23)11-26-18-15(10-19)14(9-16(22)21-18)12-3-5-13(25-2)6-4-12/h3-6,14H,7-9,11H2,1-2H3,(H,20,23)(H,21,22)/t14-/m1/s1. The van der Waals surface area contributed by atoms with Crippen molar-refractivity contribution < 1.29 is 19.1 Å². The van der Waals surface area contributed by atoms with Gasteiger partial charge in [-0.2, -0.15) is 5.26 Å². The Balaban J connectivity index is 2.14. The van der Waals surface area contributed by atoms with Crippen molar-refractivity contribution in [2.45, 2.75) is 12.3 Å². The summed E-state index contributed by atoms with van der Waals surface area (Å²) in [5, 5.41) is 15.5. The summed E-state index contributed by atoms with van der Waals surface area (Å²) in [6.45, 7) is 0.847. The Kier molecular flexibility index (Phi) is 7.51. The van der Waals surface area contributed by atoms with Crippen molar-refractivity contribution in [3.8, 4) is 11.8 Å². The molecule has 0 unspecified atom stereocenters. The maximum atomic E-state index is 12.1. The number of nitrogens with zero attached hydrogens (tertiary/aromatic N) is 1. The fourth-order valence-corrected chi connectivity index (χ4v) is 3.44. The van der Waals surface area contributed by atoms with Gasteiger partial charge in [0.2, 0.25) is 11.8 Å². The van der Waals surface area contributed by atoms with Crippen LogP contribution in [0, 0.1) is 11.3 Å². The zero-order chi connectivity index (χ0) is 18.9. The molecule has 26 heavy (non-hydrogen) atoms. The Morgan fingerprint density at radius 1 is 1.38 bits per heavy atom. The largest absolute Gasteiger partial charge is 0.497 e. The van der Waals surface area contributed by atoms with Gasteiger partial charge in [0.25, 0.3) is 0 Å². The fraction of sp³-hybridized carbons (Fsp3) is 0.389. The van der Waals surface area contributed by atoms with Gasteiger partial charge in [-0.1, -0.05) is 23.9 Å². The molecule has 1 atom stereocenters. The molecule has 1 aliphatic rings. The van der Waals surface area contributed by atoms with Gasteiger partial charge in [-0.15, -0.1) is 0 Å². The zero-order valence-corrected chi connectivity index (χ0v) is 15.5. The summed E-state index contributed by atoms with van der Waals surface area (Å²) >= 11 is 1.15.